The van der Waals surface area contributed by atoms with Crippen molar-refractivity contribution >= 4 is 11.9 Å². The van der Waals surface area contributed by atoms with Crippen molar-refractivity contribution in [3.05, 3.63) is 48.6 Å². The first kappa shape index (κ1) is 19.7. The summed E-state index contributed by atoms with van der Waals surface area (Å²) in [5.41, 5.74) is 1.10. The number of unbranched alkanes of at least 4 members (excludes halogenated alkanes) is 1. The molecule has 5 nitrogen and oxygen atoms in total. The Bertz CT molecular complexity index is 513. The fraction of sp³-hybridized carbons (Fsp3) is 0.474. The SMILES string of the molecule is C=CCCCN(C)C(=NCCC(=O)NCc1ccccc1)NCC. The molecule has 0 saturated heterocycles. The zero-order chi connectivity index (χ0) is 17.6. The first-order chi connectivity index (χ1) is 11.7. The van der Waals surface area contributed by atoms with Crippen LogP contribution in [0.2, 0.25) is 0 Å². The van der Waals surface area contributed by atoms with E-state index in [0.29, 0.717) is 19.5 Å². The molecule has 1 rings (SSSR count). The van der Waals surface area contributed by atoms with Gasteiger partial charge in [0.15, 0.2) is 5.96 Å². The molecule has 0 aliphatic rings. The number of allylic oxidation sites excluding steroid dienone is 1. The lowest BCUT2D eigenvalue weighted by Gasteiger charge is -2.21. The maximum atomic E-state index is 11.9. The summed E-state index contributed by atoms with van der Waals surface area (Å²) in [6.45, 7) is 8.55. The fourth-order valence-corrected chi connectivity index (χ4v) is 2.20. The summed E-state index contributed by atoms with van der Waals surface area (Å²) < 4.78 is 0. The van der Waals surface area contributed by atoms with E-state index in [-0.39, 0.29) is 5.91 Å². The van der Waals surface area contributed by atoms with E-state index in [4.69, 9.17) is 0 Å². The second kappa shape index (κ2) is 12.2. The quantitative estimate of drug-likeness (QED) is 0.300. The predicted octanol–water partition coefficient (Wildman–Crippen LogP) is 2.56. The van der Waals surface area contributed by atoms with Gasteiger partial charge in [-0.15, -0.1) is 6.58 Å². The third-order valence-electron chi connectivity index (χ3n) is 3.53. The number of rotatable bonds is 10. The van der Waals surface area contributed by atoms with Gasteiger partial charge in [-0.05, 0) is 25.3 Å². The molecule has 0 atom stereocenters. The third-order valence-corrected chi connectivity index (χ3v) is 3.53. The van der Waals surface area contributed by atoms with Crippen molar-refractivity contribution in [2.75, 3.05) is 26.7 Å². The summed E-state index contributed by atoms with van der Waals surface area (Å²) in [5, 5.41) is 6.18. The lowest BCUT2D eigenvalue weighted by molar-refractivity contribution is -0.121. The number of aliphatic imine (C=N–C) groups is 1. The highest BCUT2D eigenvalue weighted by molar-refractivity contribution is 5.80. The van der Waals surface area contributed by atoms with Crippen molar-refractivity contribution in [2.45, 2.75) is 32.7 Å². The lowest BCUT2D eigenvalue weighted by atomic mass is 10.2. The summed E-state index contributed by atoms with van der Waals surface area (Å²) >= 11 is 0. The number of hydrogen-bond acceptors (Lipinski definition) is 2. The number of hydrogen-bond donors (Lipinski definition) is 2. The van der Waals surface area contributed by atoms with Gasteiger partial charge in [0.25, 0.3) is 0 Å². The van der Waals surface area contributed by atoms with E-state index >= 15 is 0 Å². The molecular weight excluding hydrogens is 300 g/mol. The summed E-state index contributed by atoms with van der Waals surface area (Å²) in [6.07, 6.45) is 4.35. The molecule has 0 radical (unpaired) electrons. The van der Waals surface area contributed by atoms with Crippen molar-refractivity contribution in [3.8, 4) is 0 Å². The zero-order valence-electron chi connectivity index (χ0n) is 14.9. The molecule has 1 aromatic carbocycles. The van der Waals surface area contributed by atoms with Crippen molar-refractivity contribution in [2.24, 2.45) is 4.99 Å². The van der Waals surface area contributed by atoms with Crippen LogP contribution in [0, 0.1) is 0 Å². The smallest absolute Gasteiger partial charge is 0.222 e. The van der Waals surface area contributed by atoms with E-state index in [1.807, 2.05) is 50.4 Å². The van der Waals surface area contributed by atoms with Gasteiger partial charge in [0.05, 0.1) is 6.54 Å². The van der Waals surface area contributed by atoms with Crippen LogP contribution in [0.15, 0.2) is 48.0 Å². The number of carbonyl (C=O) groups is 1. The highest BCUT2D eigenvalue weighted by Crippen LogP contribution is 1.98. The highest BCUT2D eigenvalue weighted by atomic mass is 16.1. The molecule has 0 heterocycles. The molecule has 0 aromatic heterocycles. The Morgan fingerprint density at radius 1 is 1.29 bits per heavy atom. The molecule has 5 heteroatoms. The maximum Gasteiger partial charge on any atom is 0.222 e. The van der Waals surface area contributed by atoms with Gasteiger partial charge < -0.3 is 15.5 Å². The maximum absolute atomic E-state index is 11.9. The van der Waals surface area contributed by atoms with Crippen molar-refractivity contribution in [1.29, 1.82) is 0 Å². The largest absolute Gasteiger partial charge is 0.357 e. The zero-order valence-corrected chi connectivity index (χ0v) is 14.9. The van der Waals surface area contributed by atoms with Crippen molar-refractivity contribution in [3.63, 3.8) is 0 Å². The standard InChI is InChI=1S/C19H30N4O/c1-4-6-10-15-23(3)19(20-5-2)21-14-13-18(24)22-16-17-11-8-7-9-12-17/h4,7-9,11-12H,1,5-6,10,13-16H2,2-3H3,(H,20,21)(H,22,24). The number of amides is 1. The number of nitrogens with one attached hydrogen (secondary N) is 2. The van der Waals surface area contributed by atoms with E-state index < -0.39 is 0 Å². The van der Waals surface area contributed by atoms with Gasteiger partial charge in [0.1, 0.15) is 0 Å². The molecule has 0 unspecified atom stereocenters. The minimum Gasteiger partial charge on any atom is -0.357 e. The Morgan fingerprint density at radius 2 is 2.04 bits per heavy atom. The van der Waals surface area contributed by atoms with E-state index in [1.54, 1.807) is 0 Å². The van der Waals surface area contributed by atoms with E-state index in [1.165, 1.54) is 0 Å². The lowest BCUT2D eigenvalue weighted by Crippen LogP contribution is -2.39. The van der Waals surface area contributed by atoms with Crippen LogP contribution in [-0.2, 0) is 11.3 Å². The van der Waals surface area contributed by atoms with Crippen LogP contribution >= 0.6 is 0 Å². The molecule has 0 bridgehead atoms. The van der Waals surface area contributed by atoms with Crippen LogP contribution in [0.5, 0.6) is 0 Å². The Kier molecular flexibility index (Phi) is 10.0. The van der Waals surface area contributed by atoms with E-state index in [2.05, 4.69) is 27.1 Å². The normalized spacial score (nSPS) is 11.0. The van der Waals surface area contributed by atoms with Crippen molar-refractivity contribution < 1.29 is 4.79 Å². The van der Waals surface area contributed by atoms with Gasteiger partial charge in [-0.3, -0.25) is 9.79 Å². The van der Waals surface area contributed by atoms with Crippen LogP contribution in [-0.4, -0.2) is 43.4 Å². The van der Waals surface area contributed by atoms with Gasteiger partial charge in [-0.25, -0.2) is 0 Å². The molecule has 1 amide bonds. The highest BCUT2D eigenvalue weighted by Gasteiger charge is 2.06. The van der Waals surface area contributed by atoms with Gasteiger partial charge in [-0.2, -0.15) is 0 Å². The predicted molar refractivity (Wildman–Crippen MR) is 101 cm³/mol. The van der Waals surface area contributed by atoms with Crippen LogP contribution in [0.3, 0.4) is 0 Å². The first-order valence-electron chi connectivity index (χ1n) is 8.58. The average molecular weight is 330 g/mol. The third kappa shape index (κ3) is 8.36. The molecule has 2 N–H and O–H groups in total. The molecule has 0 aliphatic carbocycles. The Balaban J connectivity index is 2.36. The second-order valence-corrected chi connectivity index (χ2v) is 5.60. The number of nitrogens with zero attached hydrogens (tertiary/aromatic N) is 2. The Morgan fingerprint density at radius 3 is 2.71 bits per heavy atom. The van der Waals surface area contributed by atoms with Gasteiger partial charge in [0, 0.05) is 33.1 Å². The van der Waals surface area contributed by atoms with Crippen LogP contribution in [0.4, 0.5) is 0 Å². The number of benzene rings is 1. The molecule has 24 heavy (non-hydrogen) atoms. The molecule has 132 valence electrons. The Hall–Kier alpha value is -2.30. The van der Waals surface area contributed by atoms with Gasteiger partial charge in [0.2, 0.25) is 5.91 Å². The number of carbonyl (C=O) groups excluding carboxylic acids is 1. The minimum atomic E-state index is 0.0211. The number of guanidine groups is 1. The molecule has 0 saturated carbocycles. The van der Waals surface area contributed by atoms with Crippen LogP contribution in [0.1, 0.15) is 31.7 Å². The average Bonchev–Trinajstić information content (AvgIpc) is 2.60. The molecule has 1 aromatic rings. The summed E-state index contributed by atoms with van der Waals surface area (Å²) in [7, 11) is 2.01. The summed E-state index contributed by atoms with van der Waals surface area (Å²) in [4.78, 5) is 18.5. The van der Waals surface area contributed by atoms with Gasteiger partial charge in [-0.1, -0.05) is 36.4 Å². The fourth-order valence-electron chi connectivity index (χ4n) is 2.20. The molecular formula is C19H30N4O. The topological polar surface area (TPSA) is 56.7 Å². The van der Waals surface area contributed by atoms with Crippen molar-refractivity contribution in [1.82, 2.24) is 15.5 Å². The monoisotopic (exact) mass is 330 g/mol. The van der Waals surface area contributed by atoms with E-state index in [9.17, 15) is 4.79 Å². The summed E-state index contributed by atoms with van der Waals surface area (Å²) in [6, 6.07) is 9.90. The van der Waals surface area contributed by atoms with Gasteiger partial charge >= 0.3 is 0 Å². The first-order valence-corrected chi connectivity index (χ1v) is 8.58. The molecule has 0 aliphatic heterocycles. The second-order valence-electron chi connectivity index (χ2n) is 5.60. The summed E-state index contributed by atoms with van der Waals surface area (Å²) in [5.74, 6) is 0.866. The Labute approximate surface area is 145 Å². The minimum absolute atomic E-state index is 0.0211. The molecule has 0 fully saturated rings. The van der Waals surface area contributed by atoms with E-state index in [0.717, 1.165) is 37.5 Å². The van der Waals surface area contributed by atoms with Crippen LogP contribution < -0.4 is 10.6 Å². The molecule has 0 spiro atoms. The van der Waals surface area contributed by atoms with Crippen LogP contribution in [0.25, 0.3) is 0 Å².